The van der Waals surface area contributed by atoms with Gasteiger partial charge >= 0.3 is 11.9 Å². The van der Waals surface area contributed by atoms with Gasteiger partial charge in [0, 0.05) is 13.0 Å². The Bertz CT molecular complexity index is 584. The normalized spacial score (nSPS) is 18.1. The molecule has 1 aliphatic heterocycles. The monoisotopic (exact) mass is 278 g/mol. The van der Waals surface area contributed by atoms with Gasteiger partial charge in [-0.1, -0.05) is 0 Å². The van der Waals surface area contributed by atoms with Crippen LogP contribution in [0.25, 0.3) is 0 Å². The number of nitrogen functional groups attached to an aromatic ring is 1. The van der Waals surface area contributed by atoms with E-state index in [0.29, 0.717) is 11.4 Å². The number of nitrogens with two attached hydrogens (primary N) is 1. The van der Waals surface area contributed by atoms with Crippen LogP contribution in [0.15, 0.2) is 18.2 Å². The van der Waals surface area contributed by atoms with E-state index < -0.39 is 17.9 Å². The number of benzene rings is 1. The van der Waals surface area contributed by atoms with Gasteiger partial charge in [0.15, 0.2) is 0 Å². The molecule has 1 aliphatic rings. The van der Waals surface area contributed by atoms with E-state index >= 15 is 0 Å². The first-order valence-electron chi connectivity index (χ1n) is 5.95. The highest BCUT2D eigenvalue weighted by molar-refractivity contribution is 6.02. The zero-order valence-electron chi connectivity index (χ0n) is 10.8. The highest BCUT2D eigenvalue weighted by Gasteiger charge is 2.36. The van der Waals surface area contributed by atoms with Gasteiger partial charge in [-0.25, -0.2) is 4.79 Å². The Balaban J connectivity index is 2.35. The summed E-state index contributed by atoms with van der Waals surface area (Å²) in [4.78, 5) is 35.6. The number of nitrogens with zero attached hydrogens (tertiary/aromatic N) is 1. The Hall–Kier alpha value is -2.57. The van der Waals surface area contributed by atoms with Crippen LogP contribution in [0.2, 0.25) is 0 Å². The molecule has 1 fully saturated rings. The second-order valence-corrected chi connectivity index (χ2v) is 4.51. The molecule has 0 radical (unpaired) electrons. The van der Waals surface area contributed by atoms with Gasteiger partial charge in [0.1, 0.15) is 0 Å². The number of anilines is 2. The first-order chi connectivity index (χ1) is 9.43. The molecule has 0 aromatic heterocycles. The molecule has 0 aliphatic carbocycles. The van der Waals surface area contributed by atoms with Gasteiger partial charge < -0.3 is 20.5 Å². The molecule has 7 nitrogen and oxygen atoms in total. The van der Waals surface area contributed by atoms with Crippen molar-refractivity contribution in [1.29, 1.82) is 0 Å². The summed E-state index contributed by atoms with van der Waals surface area (Å²) in [7, 11) is 1.25. The van der Waals surface area contributed by atoms with Crippen molar-refractivity contribution < 1.29 is 24.2 Å². The van der Waals surface area contributed by atoms with Crippen molar-refractivity contribution >= 4 is 29.2 Å². The number of carboxylic acids is 1. The number of hydrogen-bond donors (Lipinski definition) is 2. The van der Waals surface area contributed by atoms with Crippen LogP contribution >= 0.6 is 0 Å². The Morgan fingerprint density at radius 3 is 2.70 bits per heavy atom. The van der Waals surface area contributed by atoms with Crippen molar-refractivity contribution in [3.05, 3.63) is 23.8 Å². The molecule has 1 amide bonds. The summed E-state index contributed by atoms with van der Waals surface area (Å²) in [6.45, 7) is 0.0446. The Morgan fingerprint density at radius 2 is 2.15 bits per heavy atom. The molecule has 1 heterocycles. The summed E-state index contributed by atoms with van der Waals surface area (Å²) in [5.41, 5.74) is 6.69. The average molecular weight is 278 g/mol. The highest BCUT2D eigenvalue weighted by atomic mass is 16.5. The third-order valence-corrected chi connectivity index (χ3v) is 3.22. The fourth-order valence-electron chi connectivity index (χ4n) is 2.13. The Morgan fingerprint density at radius 1 is 1.45 bits per heavy atom. The number of methoxy groups -OCH3 is 1. The summed E-state index contributed by atoms with van der Waals surface area (Å²) < 4.78 is 4.60. The second kappa shape index (κ2) is 5.20. The minimum absolute atomic E-state index is 0.0446. The number of aliphatic carboxylic acids is 1. The van der Waals surface area contributed by atoms with Crippen LogP contribution in [0, 0.1) is 5.92 Å². The molecule has 0 saturated carbocycles. The minimum Gasteiger partial charge on any atom is -0.481 e. The lowest BCUT2D eigenvalue weighted by atomic mass is 10.1. The van der Waals surface area contributed by atoms with E-state index in [9.17, 15) is 14.4 Å². The van der Waals surface area contributed by atoms with Crippen molar-refractivity contribution in [2.24, 2.45) is 5.92 Å². The SMILES string of the molecule is COC(=O)c1ccc(N)c(N2CC(C(=O)O)CC2=O)c1. The second-order valence-electron chi connectivity index (χ2n) is 4.51. The summed E-state index contributed by atoms with van der Waals surface area (Å²) >= 11 is 0. The third-order valence-electron chi connectivity index (χ3n) is 3.22. The number of amides is 1. The molecule has 7 heteroatoms. The Labute approximate surface area is 114 Å². The molecule has 1 saturated heterocycles. The van der Waals surface area contributed by atoms with E-state index in [-0.39, 0.29) is 24.4 Å². The lowest BCUT2D eigenvalue weighted by Gasteiger charge is -2.19. The summed E-state index contributed by atoms with van der Waals surface area (Å²) in [6, 6.07) is 4.41. The van der Waals surface area contributed by atoms with E-state index in [2.05, 4.69) is 4.74 Å². The molecule has 20 heavy (non-hydrogen) atoms. The fourth-order valence-corrected chi connectivity index (χ4v) is 2.13. The van der Waals surface area contributed by atoms with Crippen LogP contribution in [0.5, 0.6) is 0 Å². The molecule has 3 N–H and O–H groups in total. The molecule has 1 unspecified atom stereocenters. The molecule has 106 valence electrons. The van der Waals surface area contributed by atoms with E-state index in [4.69, 9.17) is 10.8 Å². The summed E-state index contributed by atoms with van der Waals surface area (Å²) in [5.74, 6) is -2.66. The van der Waals surface area contributed by atoms with E-state index in [1.165, 1.54) is 30.2 Å². The highest BCUT2D eigenvalue weighted by Crippen LogP contribution is 2.31. The molecular weight excluding hydrogens is 264 g/mol. The summed E-state index contributed by atoms with van der Waals surface area (Å²) in [5, 5.41) is 8.96. The van der Waals surface area contributed by atoms with Gasteiger partial charge in [0.2, 0.25) is 5.91 Å². The van der Waals surface area contributed by atoms with Gasteiger partial charge in [-0.3, -0.25) is 9.59 Å². The van der Waals surface area contributed by atoms with Crippen LogP contribution in [-0.4, -0.2) is 36.6 Å². The molecule has 1 atom stereocenters. The maximum atomic E-state index is 11.9. The molecular formula is C13H14N2O5. The topological polar surface area (TPSA) is 110 Å². The van der Waals surface area contributed by atoms with Crippen LogP contribution in [-0.2, 0) is 14.3 Å². The van der Waals surface area contributed by atoms with Crippen molar-refractivity contribution in [3.63, 3.8) is 0 Å². The predicted octanol–water partition coefficient (Wildman–Crippen LogP) is 0.493. The van der Waals surface area contributed by atoms with Crippen LogP contribution in [0.4, 0.5) is 11.4 Å². The number of ether oxygens (including phenoxy) is 1. The number of carboxylic acid groups (broad SMARTS) is 1. The lowest BCUT2D eigenvalue weighted by molar-refractivity contribution is -0.141. The van der Waals surface area contributed by atoms with Crippen LogP contribution in [0.3, 0.4) is 0 Å². The minimum atomic E-state index is -1.02. The van der Waals surface area contributed by atoms with Crippen molar-refractivity contribution in [2.45, 2.75) is 6.42 Å². The number of carbonyl (C=O) groups is 3. The Kier molecular flexibility index (Phi) is 3.60. The van der Waals surface area contributed by atoms with Gasteiger partial charge in [-0.15, -0.1) is 0 Å². The molecule has 0 spiro atoms. The first kappa shape index (κ1) is 13.9. The standard InChI is InChI=1S/C13H14N2O5/c1-20-13(19)7-2-3-9(14)10(4-7)15-6-8(12(17)18)5-11(15)16/h2-4,8H,5-6,14H2,1H3,(H,17,18). The van der Waals surface area contributed by atoms with Gasteiger partial charge in [0.25, 0.3) is 0 Å². The van der Waals surface area contributed by atoms with E-state index in [1.807, 2.05) is 0 Å². The summed E-state index contributed by atoms with van der Waals surface area (Å²) in [6.07, 6.45) is -0.0722. The molecule has 1 aromatic rings. The number of esters is 1. The largest absolute Gasteiger partial charge is 0.481 e. The van der Waals surface area contributed by atoms with Crippen molar-refractivity contribution in [3.8, 4) is 0 Å². The van der Waals surface area contributed by atoms with E-state index in [0.717, 1.165) is 0 Å². The number of hydrogen-bond acceptors (Lipinski definition) is 5. The maximum absolute atomic E-state index is 11.9. The van der Waals surface area contributed by atoms with Gasteiger partial charge in [0.05, 0.1) is 30.0 Å². The van der Waals surface area contributed by atoms with Crippen LogP contribution < -0.4 is 10.6 Å². The molecule has 1 aromatic carbocycles. The maximum Gasteiger partial charge on any atom is 0.337 e. The third kappa shape index (κ3) is 2.42. The number of carbonyl (C=O) groups excluding carboxylic acids is 2. The average Bonchev–Trinajstić information content (AvgIpc) is 2.80. The van der Waals surface area contributed by atoms with Crippen molar-refractivity contribution in [2.75, 3.05) is 24.3 Å². The quantitative estimate of drug-likeness (QED) is 0.615. The number of rotatable bonds is 3. The smallest absolute Gasteiger partial charge is 0.337 e. The lowest BCUT2D eigenvalue weighted by Crippen LogP contribution is -2.27. The van der Waals surface area contributed by atoms with Gasteiger partial charge in [-0.05, 0) is 18.2 Å². The first-order valence-corrected chi connectivity index (χ1v) is 5.95. The van der Waals surface area contributed by atoms with E-state index in [1.54, 1.807) is 0 Å². The predicted molar refractivity (Wildman–Crippen MR) is 70.3 cm³/mol. The molecule has 0 bridgehead atoms. The van der Waals surface area contributed by atoms with Crippen LogP contribution in [0.1, 0.15) is 16.8 Å². The zero-order valence-corrected chi connectivity index (χ0v) is 10.8. The van der Waals surface area contributed by atoms with Gasteiger partial charge in [-0.2, -0.15) is 0 Å². The zero-order chi connectivity index (χ0) is 14.9. The molecule has 2 rings (SSSR count). The fraction of sp³-hybridized carbons (Fsp3) is 0.308. The van der Waals surface area contributed by atoms with Crippen molar-refractivity contribution in [1.82, 2.24) is 0 Å².